The minimum Gasteiger partial charge on any atom is -0.397 e. The molecule has 4 heteroatoms. The van der Waals surface area contributed by atoms with Gasteiger partial charge in [-0.05, 0) is 33.3 Å². The minimum absolute atomic E-state index is 0.0429. The first-order chi connectivity index (χ1) is 8.38. The summed E-state index contributed by atoms with van der Waals surface area (Å²) < 4.78 is 1.94. The van der Waals surface area contributed by atoms with E-state index in [1.54, 1.807) is 11.0 Å². The van der Waals surface area contributed by atoms with Gasteiger partial charge in [0.1, 0.15) is 5.69 Å². The summed E-state index contributed by atoms with van der Waals surface area (Å²) in [6.45, 7) is 8.30. The molecule has 1 atom stereocenters. The zero-order valence-corrected chi connectivity index (χ0v) is 12.1. The van der Waals surface area contributed by atoms with Crippen molar-refractivity contribution in [2.45, 2.75) is 52.6 Å². The van der Waals surface area contributed by atoms with Gasteiger partial charge in [0.25, 0.3) is 5.91 Å². The van der Waals surface area contributed by atoms with Crippen LogP contribution in [0, 0.1) is 0 Å². The first-order valence-electron chi connectivity index (χ1n) is 6.63. The Morgan fingerprint density at radius 1 is 1.44 bits per heavy atom. The van der Waals surface area contributed by atoms with Crippen molar-refractivity contribution in [3.8, 4) is 0 Å². The maximum Gasteiger partial charge on any atom is 0.270 e. The number of amides is 1. The van der Waals surface area contributed by atoms with Gasteiger partial charge in [0.05, 0.1) is 5.69 Å². The Morgan fingerprint density at radius 2 is 2.06 bits per heavy atom. The van der Waals surface area contributed by atoms with Crippen LogP contribution in [0.1, 0.15) is 57.1 Å². The molecule has 4 nitrogen and oxygen atoms in total. The van der Waals surface area contributed by atoms with Gasteiger partial charge >= 0.3 is 0 Å². The van der Waals surface area contributed by atoms with Crippen molar-refractivity contribution < 1.29 is 4.79 Å². The van der Waals surface area contributed by atoms with Crippen molar-refractivity contribution >= 4 is 11.6 Å². The van der Waals surface area contributed by atoms with Gasteiger partial charge in [-0.25, -0.2) is 0 Å². The van der Waals surface area contributed by atoms with Gasteiger partial charge in [-0.3, -0.25) is 4.79 Å². The van der Waals surface area contributed by atoms with E-state index < -0.39 is 0 Å². The molecule has 18 heavy (non-hydrogen) atoms. The Kier molecular flexibility index (Phi) is 4.82. The molecule has 1 aromatic rings. The Morgan fingerprint density at radius 3 is 2.56 bits per heavy atom. The summed E-state index contributed by atoms with van der Waals surface area (Å²) in [7, 11) is 1.86. The van der Waals surface area contributed by atoms with Gasteiger partial charge in [0.15, 0.2) is 0 Å². The van der Waals surface area contributed by atoms with Gasteiger partial charge in [-0.15, -0.1) is 0 Å². The maximum atomic E-state index is 12.4. The van der Waals surface area contributed by atoms with Crippen LogP contribution in [0.25, 0.3) is 0 Å². The van der Waals surface area contributed by atoms with Gasteiger partial charge in [-0.2, -0.15) is 0 Å². The molecule has 0 saturated heterocycles. The molecule has 1 unspecified atom stereocenters. The second kappa shape index (κ2) is 5.94. The highest BCUT2D eigenvalue weighted by molar-refractivity contribution is 5.94. The number of hydrogen-bond donors (Lipinski definition) is 1. The summed E-state index contributed by atoms with van der Waals surface area (Å²) in [5.74, 6) is 0.0429. The monoisotopic (exact) mass is 251 g/mol. The lowest BCUT2D eigenvalue weighted by atomic mass is 10.1. The molecule has 1 aromatic heterocycles. The van der Waals surface area contributed by atoms with Crippen LogP contribution < -0.4 is 5.73 Å². The topological polar surface area (TPSA) is 51.3 Å². The number of aromatic nitrogens is 1. The molecule has 0 radical (unpaired) electrons. The van der Waals surface area contributed by atoms with Gasteiger partial charge in [0, 0.05) is 25.3 Å². The normalized spacial score (nSPS) is 12.8. The SMILES string of the molecule is CCCC(C)N(C)C(=O)c1cc(N)cn1C(C)C. The van der Waals surface area contributed by atoms with E-state index in [1.807, 2.05) is 31.7 Å². The van der Waals surface area contributed by atoms with Gasteiger partial charge in [-0.1, -0.05) is 13.3 Å². The quantitative estimate of drug-likeness (QED) is 0.874. The average molecular weight is 251 g/mol. The number of anilines is 1. The fraction of sp³-hybridized carbons (Fsp3) is 0.643. The fourth-order valence-corrected chi connectivity index (χ4v) is 2.09. The van der Waals surface area contributed by atoms with E-state index in [2.05, 4.69) is 13.8 Å². The molecule has 0 aliphatic heterocycles. The van der Waals surface area contributed by atoms with E-state index in [0.717, 1.165) is 12.8 Å². The molecule has 2 N–H and O–H groups in total. The second-order valence-corrected chi connectivity index (χ2v) is 5.21. The molecular weight excluding hydrogens is 226 g/mol. The van der Waals surface area contributed by atoms with Gasteiger partial charge < -0.3 is 15.2 Å². The largest absolute Gasteiger partial charge is 0.397 e. The lowest BCUT2D eigenvalue weighted by Gasteiger charge is -2.25. The average Bonchev–Trinajstić information content (AvgIpc) is 2.69. The molecule has 0 aromatic carbocycles. The minimum atomic E-state index is 0.0429. The van der Waals surface area contributed by atoms with Crippen molar-refractivity contribution in [3.63, 3.8) is 0 Å². The highest BCUT2D eigenvalue weighted by Crippen LogP contribution is 2.19. The molecule has 0 aliphatic rings. The molecule has 0 saturated carbocycles. The third-order valence-corrected chi connectivity index (χ3v) is 3.33. The van der Waals surface area contributed by atoms with Crippen LogP contribution in [0.4, 0.5) is 5.69 Å². The van der Waals surface area contributed by atoms with Crippen LogP contribution in [0.5, 0.6) is 0 Å². The molecular formula is C14H25N3O. The molecule has 0 fully saturated rings. The highest BCUT2D eigenvalue weighted by Gasteiger charge is 2.21. The zero-order chi connectivity index (χ0) is 13.9. The third-order valence-electron chi connectivity index (χ3n) is 3.33. The predicted octanol–water partition coefficient (Wildman–Crippen LogP) is 2.91. The van der Waals surface area contributed by atoms with Crippen molar-refractivity contribution in [2.24, 2.45) is 0 Å². The standard InChI is InChI=1S/C14H25N3O/c1-6-7-11(4)16(5)14(18)13-8-12(15)9-17(13)10(2)3/h8-11H,6-7,15H2,1-5H3. The van der Waals surface area contributed by atoms with E-state index in [-0.39, 0.29) is 18.0 Å². The van der Waals surface area contributed by atoms with E-state index >= 15 is 0 Å². The molecule has 1 rings (SSSR count). The number of hydrogen-bond acceptors (Lipinski definition) is 2. The van der Waals surface area contributed by atoms with Gasteiger partial charge in [0.2, 0.25) is 0 Å². The number of rotatable bonds is 5. The van der Waals surface area contributed by atoms with Crippen LogP contribution in [0.2, 0.25) is 0 Å². The highest BCUT2D eigenvalue weighted by atomic mass is 16.2. The third kappa shape index (κ3) is 3.06. The Labute approximate surface area is 110 Å². The second-order valence-electron chi connectivity index (χ2n) is 5.21. The predicted molar refractivity (Wildman–Crippen MR) is 75.7 cm³/mol. The summed E-state index contributed by atoms with van der Waals surface area (Å²) in [4.78, 5) is 14.3. The van der Waals surface area contributed by atoms with Crippen LogP contribution in [-0.2, 0) is 0 Å². The first kappa shape index (κ1) is 14.6. The number of carbonyl (C=O) groups excluding carboxylic acids is 1. The number of carbonyl (C=O) groups is 1. The molecule has 0 bridgehead atoms. The van der Waals surface area contributed by atoms with E-state index in [4.69, 9.17) is 5.73 Å². The lowest BCUT2D eigenvalue weighted by molar-refractivity contribution is 0.0724. The molecule has 102 valence electrons. The molecule has 0 spiro atoms. The summed E-state index contributed by atoms with van der Waals surface area (Å²) in [5.41, 5.74) is 7.11. The van der Waals surface area contributed by atoms with Crippen LogP contribution >= 0.6 is 0 Å². The van der Waals surface area contributed by atoms with Crippen molar-refractivity contribution in [1.29, 1.82) is 0 Å². The fourth-order valence-electron chi connectivity index (χ4n) is 2.09. The number of nitrogens with two attached hydrogens (primary N) is 1. The summed E-state index contributed by atoms with van der Waals surface area (Å²) in [5, 5.41) is 0. The summed E-state index contributed by atoms with van der Waals surface area (Å²) in [6.07, 6.45) is 3.92. The van der Waals surface area contributed by atoms with E-state index in [1.165, 1.54) is 0 Å². The van der Waals surface area contributed by atoms with Crippen molar-refractivity contribution in [2.75, 3.05) is 12.8 Å². The smallest absolute Gasteiger partial charge is 0.270 e. The Bertz CT molecular complexity index is 409. The Balaban J connectivity index is 2.96. The summed E-state index contributed by atoms with van der Waals surface area (Å²) >= 11 is 0. The van der Waals surface area contributed by atoms with Crippen LogP contribution in [-0.4, -0.2) is 28.5 Å². The summed E-state index contributed by atoms with van der Waals surface area (Å²) in [6, 6.07) is 2.24. The molecule has 0 aliphatic carbocycles. The number of nitrogen functional groups attached to an aromatic ring is 1. The first-order valence-corrected chi connectivity index (χ1v) is 6.63. The molecule has 1 heterocycles. The van der Waals surface area contributed by atoms with E-state index in [9.17, 15) is 4.79 Å². The molecule has 1 amide bonds. The van der Waals surface area contributed by atoms with E-state index in [0.29, 0.717) is 11.4 Å². The zero-order valence-electron chi connectivity index (χ0n) is 12.1. The van der Waals surface area contributed by atoms with Crippen LogP contribution in [0.15, 0.2) is 12.3 Å². The van der Waals surface area contributed by atoms with Crippen LogP contribution in [0.3, 0.4) is 0 Å². The lowest BCUT2D eigenvalue weighted by Crippen LogP contribution is -2.36. The van der Waals surface area contributed by atoms with Crippen molar-refractivity contribution in [3.05, 3.63) is 18.0 Å². The maximum absolute atomic E-state index is 12.4. The Hall–Kier alpha value is -1.45. The number of nitrogens with zero attached hydrogens (tertiary/aromatic N) is 2. The van der Waals surface area contributed by atoms with Crippen molar-refractivity contribution in [1.82, 2.24) is 9.47 Å².